The second-order valence-corrected chi connectivity index (χ2v) is 7.43. The van der Waals surface area contributed by atoms with Gasteiger partial charge in [0, 0.05) is 37.3 Å². The highest BCUT2D eigenvalue weighted by Gasteiger charge is 2.26. The monoisotopic (exact) mass is 383 g/mol. The summed E-state index contributed by atoms with van der Waals surface area (Å²) in [5, 5.41) is 2.57. The van der Waals surface area contributed by atoms with E-state index < -0.39 is 0 Å². The molecule has 0 spiro atoms. The first-order valence-corrected chi connectivity index (χ1v) is 9.65. The number of carbonyl (C=O) groups is 2. The van der Waals surface area contributed by atoms with Crippen molar-refractivity contribution < 1.29 is 14.0 Å². The second kappa shape index (κ2) is 8.95. The number of aryl methyl sites for hydroxylation is 1. The number of nitrogens with one attached hydrogen (secondary N) is 1. The molecular weight excluding hydrogens is 357 g/mol. The van der Waals surface area contributed by atoms with E-state index in [0.717, 1.165) is 35.4 Å². The minimum atomic E-state index is -0.235. The van der Waals surface area contributed by atoms with E-state index in [2.05, 4.69) is 17.4 Å². The summed E-state index contributed by atoms with van der Waals surface area (Å²) in [4.78, 5) is 29.9. The molecule has 1 aromatic carbocycles. The fraction of sp³-hybridized carbons (Fsp3) is 0.409. The lowest BCUT2D eigenvalue weighted by Crippen LogP contribution is -2.44. The predicted molar refractivity (Wildman–Crippen MR) is 105 cm³/mol. The van der Waals surface area contributed by atoms with Gasteiger partial charge in [-0.05, 0) is 61.6 Å². The fourth-order valence-corrected chi connectivity index (χ4v) is 3.67. The normalized spacial score (nSPS) is 16.7. The van der Waals surface area contributed by atoms with Crippen molar-refractivity contribution >= 4 is 11.8 Å². The van der Waals surface area contributed by atoms with Crippen LogP contribution in [0, 0.1) is 12.7 Å². The maximum atomic E-state index is 13.1. The molecule has 0 saturated carbocycles. The average Bonchev–Trinajstić information content (AvgIpc) is 2.67. The molecule has 148 valence electrons. The van der Waals surface area contributed by atoms with E-state index >= 15 is 0 Å². The average molecular weight is 383 g/mol. The van der Waals surface area contributed by atoms with Crippen molar-refractivity contribution in [2.24, 2.45) is 0 Å². The van der Waals surface area contributed by atoms with Gasteiger partial charge in [-0.25, -0.2) is 4.39 Å². The standard InChI is InChI=1S/C22H26FN3O2/c1-15-10-18(11-17-5-7-20(23)8-6-17)12-21(25-15)19-4-3-9-26(14-19)22(28)13-24-16(2)27/h5-8,10,12,19H,3-4,9,11,13-14H2,1-2H3,(H,24,27). The van der Waals surface area contributed by atoms with Gasteiger partial charge in [0.2, 0.25) is 11.8 Å². The maximum Gasteiger partial charge on any atom is 0.241 e. The molecule has 1 aliphatic heterocycles. The van der Waals surface area contributed by atoms with E-state index in [1.165, 1.54) is 19.1 Å². The van der Waals surface area contributed by atoms with Crippen LogP contribution < -0.4 is 5.32 Å². The summed E-state index contributed by atoms with van der Waals surface area (Å²) in [7, 11) is 0. The van der Waals surface area contributed by atoms with Gasteiger partial charge in [-0.2, -0.15) is 0 Å². The number of hydrogen-bond donors (Lipinski definition) is 1. The van der Waals surface area contributed by atoms with Crippen LogP contribution in [0.25, 0.3) is 0 Å². The van der Waals surface area contributed by atoms with Gasteiger partial charge < -0.3 is 10.2 Å². The van der Waals surface area contributed by atoms with Crippen LogP contribution in [-0.2, 0) is 16.0 Å². The first-order chi connectivity index (χ1) is 13.4. The summed E-state index contributed by atoms with van der Waals surface area (Å²) in [5.74, 6) is -0.310. The Kier molecular flexibility index (Phi) is 6.39. The molecule has 1 N–H and O–H groups in total. The minimum absolute atomic E-state index is 0.0408. The Morgan fingerprint density at radius 2 is 1.96 bits per heavy atom. The largest absolute Gasteiger partial charge is 0.347 e. The van der Waals surface area contributed by atoms with E-state index in [-0.39, 0.29) is 30.1 Å². The molecule has 2 aromatic rings. The van der Waals surface area contributed by atoms with Crippen molar-refractivity contribution in [3.63, 3.8) is 0 Å². The van der Waals surface area contributed by atoms with Crippen molar-refractivity contribution in [1.82, 2.24) is 15.2 Å². The predicted octanol–water partition coefficient (Wildman–Crippen LogP) is 2.96. The van der Waals surface area contributed by atoms with Gasteiger partial charge in [-0.3, -0.25) is 14.6 Å². The van der Waals surface area contributed by atoms with E-state index in [9.17, 15) is 14.0 Å². The van der Waals surface area contributed by atoms with Crippen molar-refractivity contribution in [2.45, 2.75) is 39.0 Å². The van der Waals surface area contributed by atoms with Crippen LogP contribution in [0.2, 0.25) is 0 Å². The number of pyridine rings is 1. The first kappa shape index (κ1) is 20.0. The Morgan fingerprint density at radius 3 is 2.68 bits per heavy atom. The smallest absolute Gasteiger partial charge is 0.241 e. The highest BCUT2D eigenvalue weighted by atomic mass is 19.1. The summed E-state index contributed by atoms with van der Waals surface area (Å²) in [6.07, 6.45) is 2.62. The van der Waals surface area contributed by atoms with Gasteiger partial charge in [0.25, 0.3) is 0 Å². The zero-order valence-corrected chi connectivity index (χ0v) is 16.4. The van der Waals surface area contributed by atoms with Crippen LogP contribution in [-0.4, -0.2) is 41.3 Å². The van der Waals surface area contributed by atoms with Crippen molar-refractivity contribution in [1.29, 1.82) is 0 Å². The molecule has 0 bridgehead atoms. The number of likely N-dealkylation sites (tertiary alicyclic amines) is 1. The number of benzene rings is 1. The summed E-state index contributed by atoms with van der Waals surface area (Å²) in [6.45, 7) is 4.75. The van der Waals surface area contributed by atoms with Crippen molar-refractivity contribution in [2.75, 3.05) is 19.6 Å². The Hall–Kier alpha value is -2.76. The third-order valence-electron chi connectivity index (χ3n) is 5.04. The van der Waals surface area contributed by atoms with Crippen molar-refractivity contribution in [3.05, 3.63) is 64.7 Å². The van der Waals surface area contributed by atoms with E-state index in [1.807, 2.05) is 11.8 Å². The maximum absolute atomic E-state index is 13.1. The SMILES string of the molecule is CC(=O)NCC(=O)N1CCCC(c2cc(Cc3ccc(F)cc3)cc(C)n2)C1. The fourth-order valence-electron chi connectivity index (χ4n) is 3.67. The molecule has 1 aromatic heterocycles. The van der Waals surface area contributed by atoms with Gasteiger partial charge in [0.1, 0.15) is 5.82 Å². The van der Waals surface area contributed by atoms with Gasteiger partial charge >= 0.3 is 0 Å². The molecule has 1 atom stereocenters. The summed E-state index contributed by atoms with van der Waals surface area (Å²) in [6, 6.07) is 10.7. The van der Waals surface area contributed by atoms with Crippen molar-refractivity contribution in [3.8, 4) is 0 Å². The number of halogens is 1. The molecular formula is C22H26FN3O2. The topological polar surface area (TPSA) is 62.3 Å². The molecule has 2 heterocycles. The number of aromatic nitrogens is 1. The van der Waals surface area contributed by atoms with Gasteiger partial charge in [0.05, 0.1) is 6.54 Å². The molecule has 3 rings (SSSR count). The quantitative estimate of drug-likeness (QED) is 0.863. The zero-order valence-electron chi connectivity index (χ0n) is 16.4. The lowest BCUT2D eigenvalue weighted by Gasteiger charge is -2.33. The van der Waals surface area contributed by atoms with Crippen LogP contribution >= 0.6 is 0 Å². The van der Waals surface area contributed by atoms with Crippen LogP contribution in [0.1, 0.15) is 48.2 Å². The molecule has 1 unspecified atom stereocenters. The molecule has 5 nitrogen and oxygen atoms in total. The molecule has 6 heteroatoms. The molecule has 1 fully saturated rings. The van der Waals surface area contributed by atoms with Crippen LogP contribution in [0.5, 0.6) is 0 Å². The number of piperidine rings is 1. The lowest BCUT2D eigenvalue weighted by atomic mass is 9.92. The lowest BCUT2D eigenvalue weighted by molar-refractivity contribution is -0.133. The molecule has 2 amide bonds. The minimum Gasteiger partial charge on any atom is -0.347 e. The van der Waals surface area contributed by atoms with Gasteiger partial charge in [-0.1, -0.05) is 12.1 Å². The molecule has 1 aliphatic rings. The highest BCUT2D eigenvalue weighted by Crippen LogP contribution is 2.27. The number of hydrogen-bond acceptors (Lipinski definition) is 3. The van der Waals surface area contributed by atoms with Gasteiger partial charge in [0.15, 0.2) is 0 Å². The third kappa shape index (κ3) is 5.38. The molecule has 0 aliphatic carbocycles. The van der Waals surface area contributed by atoms with Crippen LogP contribution in [0.4, 0.5) is 4.39 Å². The third-order valence-corrected chi connectivity index (χ3v) is 5.04. The Bertz CT molecular complexity index is 851. The zero-order chi connectivity index (χ0) is 20.1. The second-order valence-electron chi connectivity index (χ2n) is 7.43. The van der Waals surface area contributed by atoms with E-state index in [1.54, 1.807) is 12.1 Å². The highest BCUT2D eigenvalue weighted by molar-refractivity contribution is 5.83. The summed E-state index contributed by atoms with van der Waals surface area (Å²) >= 11 is 0. The summed E-state index contributed by atoms with van der Waals surface area (Å²) < 4.78 is 13.1. The molecule has 0 radical (unpaired) electrons. The number of amides is 2. The first-order valence-electron chi connectivity index (χ1n) is 9.65. The summed E-state index contributed by atoms with van der Waals surface area (Å²) in [5.41, 5.74) is 4.12. The van der Waals surface area contributed by atoms with Crippen LogP contribution in [0.15, 0.2) is 36.4 Å². The Morgan fingerprint density at radius 1 is 1.21 bits per heavy atom. The molecule has 1 saturated heterocycles. The van der Waals surface area contributed by atoms with E-state index in [0.29, 0.717) is 19.5 Å². The number of rotatable bonds is 5. The Labute approximate surface area is 165 Å². The number of carbonyl (C=O) groups excluding carboxylic acids is 2. The number of nitrogens with zero attached hydrogens (tertiary/aromatic N) is 2. The molecule has 28 heavy (non-hydrogen) atoms. The Balaban J connectivity index is 1.71. The van der Waals surface area contributed by atoms with E-state index in [4.69, 9.17) is 4.98 Å². The van der Waals surface area contributed by atoms with Gasteiger partial charge in [-0.15, -0.1) is 0 Å². The van der Waals surface area contributed by atoms with Crippen LogP contribution in [0.3, 0.4) is 0 Å².